The van der Waals surface area contributed by atoms with Crippen molar-refractivity contribution in [3.8, 4) is 11.5 Å². The third kappa shape index (κ3) is 3.34. The van der Waals surface area contributed by atoms with E-state index >= 15 is 0 Å². The minimum absolute atomic E-state index is 0.123. The predicted molar refractivity (Wildman–Crippen MR) is 87.1 cm³/mol. The lowest BCUT2D eigenvalue weighted by atomic mass is 10.0. The van der Waals surface area contributed by atoms with Crippen LogP contribution in [-0.2, 0) is 0 Å². The summed E-state index contributed by atoms with van der Waals surface area (Å²) in [5.41, 5.74) is 1.13. The van der Waals surface area contributed by atoms with Crippen LogP contribution < -0.4 is 14.8 Å². The van der Waals surface area contributed by atoms with Crippen molar-refractivity contribution < 1.29 is 9.47 Å². The summed E-state index contributed by atoms with van der Waals surface area (Å²) in [6.07, 6.45) is 0. The number of rotatable bonds is 6. The minimum atomic E-state index is 0.123. The standard InChI is InChI=1S/C15H18BrNO2S/c1-4-17-14(15-13(16)5-6-20-15)10-7-11(18-2)9-12(8-10)19-3/h5-9,14,17H,4H2,1-3H3. The van der Waals surface area contributed by atoms with Crippen LogP contribution >= 0.6 is 27.3 Å². The second-order valence-corrected chi connectivity index (χ2v) is 6.07. The molecule has 0 amide bonds. The van der Waals surface area contributed by atoms with E-state index < -0.39 is 0 Å². The Morgan fingerprint density at radius 3 is 2.30 bits per heavy atom. The molecule has 0 aliphatic carbocycles. The zero-order valence-corrected chi connectivity index (χ0v) is 14.2. The van der Waals surface area contributed by atoms with Gasteiger partial charge in [-0.15, -0.1) is 11.3 Å². The Morgan fingerprint density at radius 2 is 1.85 bits per heavy atom. The van der Waals surface area contributed by atoms with Gasteiger partial charge in [-0.3, -0.25) is 0 Å². The van der Waals surface area contributed by atoms with Crippen molar-refractivity contribution in [1.82, 2.24) is 5.32 Å². The van der Waals surface area contributed by atoms with Gasteiger partial charge in [0.25, 0.3) is 0 Å². The van der Waals surface area contributed by atoms with Gasteiger partial charge in [0, 0.05) is 15.4 Å². The topological polar surface area (TPSA) is 30.5 Å². The number of nitrogens with one attached hydrogen (secondary N) is 1. The third-order valence-electron chi connectivity index (χ3n) is 3.02. The maximum absolute atomic E-state index is 5.36. The molecule has 0 saturated carbocycles. The lowest BCUT2D eigenvalue weighted by Crippen LogP contribution is -2.21. The maximum atomic E-state index is 5.36. The monoisotopic (exact) mass is 355 g/mol. The molecule has 0 radical (unpaired) electrons. The second-order valence-electron chi connectivity index (χ2n) is 4.27. The number of halogens is 1. The van der Waals surface area contributed by atoms with Gasteiger partial charge in [-0.05, 0) is 51.6 Å². The highest BCUT2D eigenvalue weighted by Crippen LogP contribution is 2.36. The fourth-order valence-corrected chi connectivity index (χ4v) is 3.78. The van der Waals surface area contributed by atoms with E-state index in [4.69, 9.17) is 9.47 Å². The second kappa shape index (κ2) is 7.11. The lowest BCUT2D eigenvalue weighted by molar-refractivity contribution is 0.392. The molecule has 2 aromatic rings. The Morgan fingerprint density at radius 1 is 1.20 bits per heavy atom. The van der Waals surface area contributed by atoms with Crippen molar-refractivity contribution in [3.63, 3.8) is 0 Å². The SMILES string of the molecule is CCNC(c1cc(OC)cc(OC)c1)c1sccc1Br. The van der Waals surface area contributed by atoms with Crippen molar-refractivity contribution in [2.24, 2.45) is 0 Å². The fourth-order valence-electron chi connectivity index (χ4n) is 2.07. The zero-order valence-electron chi connectivity index (χ0n) is 11.8. The van der Waals surface area contributed by atoms with Crippen LogP contribution in [0.4, 0.5) is 0 Å². The molecule has 0 bridgehead atoms. The van der Waals surface area contributed by atoms with E-state index in [1.54, 1.807) is 25.6 Å². The van der Waals surface area contributed by atoms with Crippen molar-refractivity contribution in [1.29, 1.82) is 0 Å². The first-order chi connectivity index (χ1) is 9.69. The lowest BCUT2D eigenvalue weighted by Gasteiger charge is -2.19. The Bertz CT molecular complexity index is 549. The minimum Gasteiger partial charge on any atom is -0.497 e. The Hall–Kier alpha value is -1.04. The largest absolute Gasteiger partial charge is 0.497 e. The first-order valence-corrected chi connectivity index (χ1v) is 8.06. The van der Waals surface area contributed by atoms with E-state index in [1.165, 1.54) is 4.88 Å². The molecule has 0 saturated heterocycles. The molecule has 0 spiro atoms. The zero-order chi connectivity index (χ0) is 14.5. The molecule has 0 fully saturated rings. The van der Waals surface area contributed by atoms with E-state index in [0.29, 0.717) is 0 Å². The average Bonchev–Trinajstić information content (AvgIpc) is 2.90. The average molecular weight is 356 g/mol. The predicted octanol–water partition coefficient (Wildman–Crippen LogP) is 4.23. The number of methoxy groups -OCH3 is 2. The molecule has 0 aliphatic rings. The molecule has 1 N–H and O–H groups in total. The summed E-state index contributed by atoms with van der Waals surface area (Å²) in [6.45, 7) is 2.99. The van der Waals surface area contributed by atoms with Gasteiger partial charge in [0.1, 0.15) is 11.5 Å². The van der Waals surface area contributed by atoms with Gasteiger partial charge >= 0.3 is 0 Å². The molecule has 5 heteroatoms. The molecule has 1 aromatic carbocycles. The van der Waals surface area contributed by atoms with Gasteiger partial charge in [0.15, 0.2) is 0 Å². The molecule has 0 aliphatic heterocycles. The smallest absolute Gasteiger partial charge is 0.122 e. The van der Waals surface area contributed by atoms with Gasteiger partial charge in [0.2, 0.25) is 0 Å². The maximum Gasteiger partial charge on any atom is 0.122 e. The molecule has 1 heterocycles. The molecule has 20 heavy (non-hydrogen) atoms. The van der Waals surface area contributed by atoms with Crippen LogP contribution in [0.1, 0.15) is 23.4 Å². The molecule has 1 aromatic heterocycles. The highest BCUT2D eigenvalue weighted by molar-refractivity contribution is 9.10. The van der Waals surface area contributed by atoms with E-state index in [9.17, 15) is 0 Å². The normalized spacial score (nSPS) is 12.2. The van der Waals surface area contributed by atoms with Crippen molar-refractivity contribution in [3.05, 3.63) is 44.6 Å². The van der Waals surface area contributed by atoms with Gasteiger partial charge in [-0.1, -0.05) is 6.92 Å². The number of ether oxygens (including phenoxy) is 2. The summed E-state index contributed by atoms with van der Waals surface area (Å²) in [7, 11) is 3.34. The first kappa shape index (κ1) is 15.4. The van der Waals surface area contributed by atoms with Crippen molar-refractivity contribution in [2.75, 3.05) is 20.8 Å². The highest BCUT2D eigenvalue weighted by Gasteiger charge is 2.19. The van der Waals surface area contributed by atoms with Crippen LogP contribution in [0.15, 0.2) is 34.1 Å². The third-order valence-corrected chi connectivity index (χ3v) is 4.96. The summed E-state index contributed by atoms with van der Waals surface area (Å²) in [4.78, 5) is 1.25. The van der Waals surface area contributed by atoms with Crippen LogP contribution in [0.25, 0.3) is 0 Å². The van der Waals surface area contributed by atoms with Crippen LogP contribution in [0.5, 0.6) is 11.5 Å². The molecular weight excluding hydrogens is 338 g/mol. The summed E-state index contributed by atoms with van der Waals surface area (Å²) in [5, 5.41) is 5.60. The summed E-state index contributed by atoms with van der Waals surface area (Å²) < 4.78 is 11.8. The van der Waals surface area contributed by atoms with Gasteiger partial charge < -0.3 is 14.8 Å². The summed E-state index contributed by atoms with van der Waals surface area (Å²) in [6, 6.07) is 8.17. The van der Waals surface area contributed by atoms with Gasteiger partial charge in [-0.2, -0.15) is 0 Å². The highest BCUT2D eigenvalue weighted by atomic mass is 79.9. The van der Waals surface area contributed by atoms with Crippen LogP contribution in [-0.4, -0.2) is 20.8 Å². The molecule has 108 valence electrons. The first-order valence-electron chi connectivity index (χ1n) is 6.38. The van der Waals surface area contributed by atoms with E-state index in [1.807, 2.05) is 18.2 Å². The number of thiophene rings is 1. The summed E-state index contributed by atoms with van der Waals surface area (Å²) >= 11 is 5.34. The molecule has 1 atom stereocenters. The van der Waals surface area contributed by atoms with E-state index in [2.05, 4.69) is 39.6 Å². The molecule has 1 unspecified atom stereocenters. The number of hydrogen-bond donors (Lipinski definition) is 1. The van der Waals surface area contributed by atoms with Crippen LogP contribution in [0.2, 0.25) is 0 Å². The Labute approximate surface area is 132 Å². The van der Waals surface area contributed by atoms with Crippen LogP contribution in [0, 0.1) is 0 Å². The molecular formula is C15H18BrNO2S. The summed E-state index contributed by atoms with van der Waals surface area (Å²) in [5.74, 6) is 1.60. The molecule has 2 rings (SSSR count). The van der Waals surface area contributed by atoms with E-state index in [0.717, 1.165) is 28.1 Å². The fraction of sp³-hybridized carbons (Fsp3) is 0.333. The van der Waals surface area contributed by atoms with Crippen molar-refractivity contribution >= 4 is 27.3 Å². The van der Waals surface area contributed by atoms with Gasteiger partial charge in [-0.25, -0.2) is 0 Å². The molecule has 3 nitrogen and oxygen atoms in total. The van der Waals surface area contributed by atoms with Crippen molar-refractivity contribution in [2.45, 2.75) is 13.0 Å². The Kier molecular flexibility index (Phi) is 5.46. The van der Waals surface area contributed by atoms with Gasteiger partial charge in [0.05, 0.1) is 20.3 Å². The number of hydrogen-bond acceptors (Lipinski definition) is 4. The Balaban J connectivity index is 2.46. The number of benzene rings is 1. The van der Waals surface area contributed by atoms with E-state index in [-0.39, 0.29) is 6.04 Å². The quantitative estimate of drug-likeness (QED) is 0.840. The van der Waals surface area contributed by atoms with Crippen LogP contribution in [0.3, 0.4) is 0 Å².